The summed E-state index contributed by atoms with van der Waals surface area (Å²) in [6.07, 6.45) is -8.47. The Balaban J connectivity index is 1.86. The van der Waals surface area contributed by atoms with E-state index in [2.05, 4.69) is 4.74 Å². The minimum Gasteiger partial charge on any atom is -0.467 e. The van der Waals surface area contributed by atoms with Crippen molar-refractivity contribution in [1.82, 2.24) is 0 Å². The van der Waals surface area contributed by atoms with Crippen LogP contribution in [-0.2, 0) is 23.7 Å². The molecule has 1 heterocycles. The van der Waals surface area contributed by atoms with E-state index < -0.39 is 48.6 Å². The zero-order valence-corrected chi connectivity index (χ0v) is 15.9. The van der Waals surface area contributed by atoms with Gasteiger partial charge >= 0.3 is 17.9 Å². The lowest BCUT2D eigenvalue weighted by molar-refractivity contribution is -0.279. The number of hydrogen-bond donors (Lipinski definition) is 2. The van der Waals surface area contributed by atoms with Gasteiger partial charge in [-0.3, -0.25) is 0 Å². The average molecular weight is 416 g/mol. The van der Waals surface area contributed by atoms with Crippen molar-refractivity contribution < 1.29 is 43.5 Å². The number of rotatable bonds is 5. The summed E-state index contributed by atoms with van der Waals surface area (Å²) in [5, 5.41) is 20.9. The number of aliphatic hydroxyl groups is 2. The van der Waals surface area contributed by atoms with Crippen LogP contribution < -0.4 is 0 Å². The van der Waals surface area contributed by atoms with Crippen molar-refractivity contribution in [1.29, 1.82) is 0 Å². The fourth-order valence-electron chi connectivity index (χ4n) is 2.94. The predicted octanol–water partition coefficient (Wildman–Crippen LogP) is 0.689. The second-order valence-electron chi connectivity index (χ2n) is 6.43. The quantitative estimate of drug-likeness (QED) is 0.534. The van der Waals surface area contributed by atoms with Crippen LogP contribution in [-0.4, -0.2) is 65.9 Å². The molecule has 0 amide bonds. The second-order valence-corrected chi connectivity index (χ2v) is 6.43. The summed E-state index contributed by atoms with van der Waals surface area (Å²) in [4.78, 5) is 36.8. The van der Waals surface area contributed by atoms with Crippen LogP contribution in [0.2, 0.25) is 0 Å². The first-order valence-electron chi connectivity index (χ1n) is 9.04. The first-order chi connectivity index (χ1) is 14.4. The van der Waals surface area contributed by atoms with Crippen molar-refractivity contribution in [2.75, 3.05) is 7.11 Å². The maximum Gasteiger partial charge on any atom is 0.338 e. The number of esters is 3. The normalized spacial score (nSPS) is 25.8. The van der Waals surface area contributed by atoms with E-state index in [4.69, 9.17) is 14.2 Å². The molecule has 0 saturated carbocycles. The SMILES string of the molecule is COC(=O)[C@H]1OC(O)[C@H](OC(=O)c2ccccc2)[C@@H](OC(=O)c2ccccc2)[C@@H]1O. The first-order valence-corrected chi connectivity index (χ1v) is 9.04. The van der Waals surface area contributed by atoms with Crippen molar-refractivity contribution in [3.05, 3.63) is 71.8 Å². The lowest BCUT2D eigenvalue weighted by Crippen LogP contribution is -2.62. The van der Waals surface area contributed by atoms with Gasteiger partial charge in [0.1, 0.15) is 6.10 Å². The first kappa shape index (κ1) is 21.4. The van der Waals surface area contributed by atoms with E-state index in [-0.39, 0.29) is 11.1 Å². The molecule has 0 bridgehead atoms. The van der Waals surface area contributed by atoms with Gasteiger partial charge < -0.3 is 29.2 Å². The number of methoxy groups -OCH3 is 1. The molecular weight excluding hydrogens is 396 g/mol. The van der Waals surface area contributed by atoms with Gasteiger partial charge in [-0.1, -0.05) is 36.4 Å². The number of carbonyl (C=O) groups is 3. The van der Waals surface area contributed by atoms with Crippen molar-refractivity contribution >= 4 is 17.9 Å². The highest BCUT2D eigenvalue weighted by molar-refractivity contribution is 5.90. The third kappa shape index (κ3) is 4.65. The van der Waals surface area contributed by atoms with Crippen LogP contribution in [0.25, 0.3) is 0 Å². The average Bonchev–Trinajstić information content (AvgIpc) is 2.78. The molecule has 0 spiro atoms. The smallest absolute Gasteiger partial charge is 0.338 e. The molecule has 1 fully saturated rings. The summed E-state index contributed by atoms with van der Waals surface area (Å²) < 4.78 is 20.2. The van der Waals surface area contributed by atoms with Crippen molar-refractivity contribution in [3.63, 3.8) is 0 Å². The molecule has 1 aliphatic rings. The molecule has 3 rings (SSSR count). The number of benzene rings is 2. The summed E-state index contributed by atoms with van der Waals surface area (Å²) in [6, 6.07) is 15.8. The zero-order valence-electron chi connectivity index (χ0n) is 15.9. The molecule has 0 aromatic heterocycles. The third-order valence-corrected chi connectivity index (χ3v) is 4.48. The molecule has 0 radical (unpaired) electrons. The van der Waals surface area contributed by atoms with Gasteiger partial charge in [0.25, 0.3) is 0 Å². The Labute approximate surface area is 171 Å². The highest BCUT2D eigenvalue weighted by atomic mass is 16.7. The molecule has 2 aromatic rings. The molecule has 1 aliphatic heterocycles. The van der Waals surface area contributed by atoms with E-state index in [1.54, 1.807) is 36.4 Å². The molecule has 5 atom stereocenters. The van der Waals surface area contributed by atoms with Crippen LogP contribution >= 0.6 is 0 Å². The molecule has 1 unspecified atom stereocenters. The second kappa shape index (κ2) is 9.49. The molecule has 1 saturated heterocycles. The van der Waals surface area contributed by atoms with Crippen LogP contribution in [0.15, 0.2) is 60.7 Å². The summed E-state index contributed by atoms with van der Waals surface area (Å²) >= 11 is 0. The van der Waals surface area contributed by atoms with Crippen LogP contribution in [0.4, 0.5) is 0 Å². The number of carbonyl (C=O) groups excluding carboxylic acids is 3. The van der Waals surface area contributed by atoms with Crippen molar-refractivity contribution in [3.8, 4) is 0 Å². The largest absolute Gasteiger partial charge is 0.467 e. The zero-order chi connectivity index (χ0) is 21.7. The monoisotopic (exact) mass is 416 g/mol. The van der Waals surface area contributed by atoms with E-state index in [0.717, 1.165) is 7.11 Å². The molecular formula is C21H20O9. The maximum absolute atomic E-state index is 12.5. The Morgan fingerprint density at radius 1 is 0.800 bits per heavy atom. The third-order valence-electron chi connectivity index (χ3n) is 4.48. The van der Waals surface area contributed by atoms with E-state index in [1.807, 2.05) is 0 Å². The fraction of sp³-hybridized carbons (Fsp3) is 0.286. The minimum absolute atomic E-state index is 0.161. The summed E-state index contributed by atoms with van der Waals surface area (Å²) in [7, 11) is 1.07. The number of hydrogen-bond acceptors (Lipinski definition) is 9. The predicted molar refractivity (Wildman–Crippen MR) is 100 cm³/mol. The fourth-order valence-corrected chi connectivity index (χ4v) is 2.94. The van der Waals surface area contributed by atoms with Gasteiger partial charge in [-0.05, 0) is 24.3 Å². The standard InChI is InChI=1S/C21H20O9/c1-27-20(25)16-14(22)15(28-18(23)12-8-4-2-5-9-12)17(21(26)29-16)30-19(24)13-10-6-3-7-11-13/h2-11,14-17,21-22,26H,1H3/t14-,15-,16-,17+,21?/m0/s1. The Hall–Kier alpha value is -3.27. The topological polar surface area (TPSA) is 129 Å². The summed E-state index contributed by atoms with van der Waals surface area (Å²) in [5.74, 6) is -2.68. The van der Waals surface area contributed by atoms with Crippen LogP contribution in [0.1, 0.15) is 20.7 Å². The van der Waals surface area contributed by atoms with Crippen LogP contribution in [0, 0.1) is 0 Å². The molecule has 30 heavy (non-hydrogen) atoms. The molecule has 9 heteroatoms. The molecule has 9 nitrogen and oxygen atoms in total. The Kier molecular flexibility index (Phi) is 6.78. The molecule has 158 valence electrons. The van der Waals surface area contributed by atoms with Gasteiger partial charge in [0.15, 0.2) is 24.6 Å². The lowest BCUT2D eigenvalue weighted by atomic mass is 9.98. The summed E-state index contributed by atoms with van der Waals surface area (Å²) in [6.45, 7) is 0. The van der Waals surface area contributed by atoms with Crippen molar-refractivity contribution in [2.45, 2.75) is 30.7 Å². The van der Waals surface area contributed by atoms with Gasteiger partial charge in [0, 0.05) is 0 Å². The van der Waals surface area contributed by atoms with Crippen LogP contribution in [0.5, 0.6) is 0 Å². The van der Waals surface area contributed by atoms with E-state index >= 15 is 0 Å². The maximum atomic E-state index is 12.5. The minimum atomic E-state index is -1.86. The lowest BCUT2D eigenvalue weighted by Gasteiger charge is -2.40. The number of aliphatic hydroxyl groups excluding tert-OH is 2. The van der Waals surface area contributed by atoms with E-state index in [1.165, 1.54) is 24.3 Å². The Morgan fingerprint density at radius 3 is 1.73 bits per heavy atom. The van der Waals surface area contributed by atoms with Gasteiger partial charge in [-0.15, -0.1) is 0 Å². The Morgan fingerprint density at radius 2 is 1.27 bits per heavy atom. The molecule has 0 aliphatic carbocycles. The van der Waals surface area contributed by atoms with Crippen LogP contribution in [0.3, 0.4) is 0 Å². The van der Waals surface area contributed by atoms with Gasteiger partial charge in [-0.25, -0.2) is 14.4 Å². The highest BCUT2D eigenvalue weighted by Crippen LogP contribution is 2.27. The Bertz CT molecular complexity index is 884. The van der Waals surface area contributed by atoms with Crippen molar-refractivity contribution in [2.24, 2.45) is 0 Å². The summed E-state index contributed by atoms with van der Waals surface area (Å²) in [5.41, 5.74) is 0.329. The number of ether oxygens (including phenoxy) is 4. The van der Waals surface area contributed by atoms with Gasteiger partial charge in [-0.2, -0.15) is 0 Å². The molecule has 2 N–H and O–H groups in total. The van der Waals surface area contributed by atoms with Gasteiger partial charge in [0.2, 0.25) is 0 Å². The van der Waals surface area contributed by atoms with Gasteiger partial charge in [0.05, 0.1) is 18.2 Å². The molecule has 2 aromatic carbocycles. The van der Waals surface area contributed by atoms with E-state index in [0.29, 0.717) is 0 Å². The highest BCUT2D eigenvalue weighted by Gasteiger charge is 2.52. The van der Waals surface area contributed by atoms with E-state index in [9.17, 15) is 24.6 Å².